The predicted octanol–water partition coefficient (Wildman–Crippen LogP) is 4.57. The zero-order valence-electron chi connectivity index (χ0n) is 10.0. The van der Waals surface area contributed by atoms with Crippen molar-refractivity contribution >= 4 is 67.2 Å². The highest BCUT2D eigenvalue weighted by atomic mass is 79.9. The van der Waals surface area contributed by atoms with E-state index in [0.29, 0.717) is 16.0 Å². The lowest BCUT2D eigenvalue weighted by Crippen LogP contribution is -2.32. The molecular formula is C9H17Br3ClO4P. The van der Waals surface area contributed by atoms with Crippen molar-refractivity contribution in [3.05, 3.63) is 0 Å². The van der Waals surface area contributed by atoms with E-state index in [4.69, 9.17) is 25.2 Å². The second kappa shape index (κ2) is 10.6. The van der Waals surface area contributed by atoms with Crippen molar-refractivity contribution in [2.75, 3.05) is 41.7 Å². The average Bonchev–Trinajstić information content (AvgIpc) is 2.39. The quantitative estimate of drug-likeness (QED) is 0.311. The van der Waals surface area contributed by atoms with Crippen LogP contribution >= 0.6 is 67.2 Å². The Hall–Kier alpha value is 1.84. The van der Waals surface area contributed by atoms with Gasteiger partial charge in [0, 0.05) is 27.3 Å². The van der Waals surface area contributed by atoms with Gasteiger partial charge in [0.25, 0.3) is 0 Å². The molecule has 1 unspecified atom stereocenters. The van der Waals surface area contributed by atoms with E-state index in [9.17, 15) is 4.57 Å². The van der Waals surface area contributed by atoms with E-state index in [-0.39, 0.29) is 31.1 Å². The molecule has 0 heterocycles. The van der Waals surface area contributed by atoms with Crippen LogP contribution in [0.4, 0.5) is 0 Å². The molecule has 0 saturated heterocycles. The first-order chi connectivity index (χ1) is 8.51. The molecule has 0 aliphatic carbocycles. The third kappa shape index (κ3) is 7.02. The first kappa shape index (κ1) is 19.8. The molecule has 0 saturated carbocycles. The summed E-state index contributed by atoms with van der Waals surface area (Å²) < 4.78 is 27.7. The van der Waals surface area contributed by atoms with E-state index in [1.807, 2.05) is 0 Å². The van der Waals surface area contributed by atoms with Gasteiger partial charge in [0.2, 0.25) is 0 Å². The van der Waals surface area contributed by atoms with Gasteiger partial charge in [-0.05, 0) is 6.92 Å². The summed E-state index contributed by atoms with van der Waals surface area (Å²) in [4.78, 5) is 0. The molecule has 0 aliphatic heterocycles. The Morgan fingerprint density at radius 2 is 1.67 bits per heavy atom. The van der Waals surface area contributed by atoms with Crippen LogP contribution in [0.15, 0.2) is 0 Å². The normalized spacial score (nSPS) is 15.6. The molecule has 0 aromatic carbocycles. The number of hydrogen-bond donors (Lipinski definition) is 0. The second-order valence-electron chi connectivity index (χ2n) is 3.56. The topological polar surface area (TPSA) is 44.8 Å². The van der Waals surface area contributed by atoms with Crippen molar-refractivity contribution in [2.45, 2.75) is 6.92 Å². The maximum atomic E-state index is 12.2. The smallest absolute Gasteiger partial charge is 0.287 e. The monoisotopic (exact) mass is 492 g/mol. The predicted molar refractivity (Wildman–Crippen MR) is 85.7 cm³/mol. The third-order valence-electron chi connectivity index (χ3n) is 1.99. The molecule has 0 amide bonds. The SMILES string of the molecule is CCOP(=O)(OCCCl)OCC(CBr)(CBr)CBr. The van der Waals surface area contributed by atoms with Gasteiger partial charge in [-0.25, -0.2) is 4.57 Å². The Kier molecular flexibility index (Phi) is 11.6. The second-order valence-corrected chi connectivity index (χ2v) is 7.29. The van der Waals surface area contributed by atoms with Crippen molar-refractivity contribution < 1.29 is 18.1 Å². The van der Waals surface area contributed by atoms with E-state index in [2.05, 4.69) is 47.8 Å². The Balaban J connectivity index is 4.54. The fourth-order valence-corrected chi connectivity index (χ4v) is 5.60. The number of hydrogen-bond acceptors (Lipinski definition) is 4. The Morgan fingerprint density at radius 1 is 1.11 bits per heavy atom. The van der Waals surface area contributed by atoms with Crippen LogP contribution in [-0.2, 0) is 18.1 Å². The van der Waals surface area contributed by atoms with Crippen molar-refractivity contribution in [3.8, 4) is 0 Å². The number of halogens is 4. The Labute approximate surface area is 138 Å². The van der Waals surface area contributed by atoms with Crippen LogP contribution in [0.1, 0.15) is 6.92 Å². The van der Waals surface area contributed by atoms with Gasteiger partial charge in [-0.3, -0.25) is 13.6 Å². The van der Waals surface area contributed by atoms with Gasteiger partial charge in [0.05, 0.1) is 19.8 Å². The summed E-state index contributed by atoms with van der Waals surface area (Å²) in [5, 5.41) is 2.08. The molecule has 9 heteroatoms. The lowest BCUT2D eigenvalue weighted by Gasteiger charge is -2.28. The van der Waals surface area contributed by atoms with Gasteiger partial charge in [-0.15, -0.1) is 11.6 Å². The third-order valence-corrected chi connectivity index (χ3v) is 7.23. The molecular weight excluding hydrogens is 478 g/mol. The highest BCUT2D eigenvalue weighted by molar-refractivity contribution is 9.10. The molecule has 4 nitrogen and oxygen atoms in total. The van der Waals surface area contributed by atoms with E-state index < -0.39 is 7.82 Å². The highest BCUT2D eigenvalue weighted by Gasteiger charge is 2.34. The van der Waals surface area contributed by atoms with Crippen LogP contribution in [0.2, 0.25) is 0 Å². The summed E-state index contributed by atoms with van der Waals surface area (Å²) >= 11 is 15.8. The molecule has 0 aromatic rings. The van der Waals surface area contributed by atoms with Crippen LogP contribution < -0.4 is 0 Å². The molecule has 0 radical (unpaired) electrons. The molecule has 0 aliphatic rings. The van der Waals surface area contributed by atoms with Gasteiger partial charge >= 0.3 is 7.82 Å². The Bertz CT molecular complexity index is 258. The number of rotatable bonds is 11. The van der Waals surface area contributed by atoms with Crippen molar-refractivity contribution in [1.29, 1.82) is 0 Å². The molecule has 0 aromatic heterocycles. The summed E-state index contributed by atoms with van der Waals surface area (Å²) in [5.41, 5.74) is -0.211. The van der Waals surface area contributed by atoms with E-state index in [1.54, 1.807) is 6.92 Å². The largest absolute Gasteiger partial charge is 0.474 e. The molecule has 0 bridgehead atoms. The lowest BCUT2D eigenvalue weighted by molar-refractivity contribution is 0.0966. The fourth-order valence-electron chi connectivity index (χ4n) is 0.855. The molecule has 0 spiro atoms. The standard InChI is InChI=1S/C9H17Br3ClO4P/c1-2-15-18(14,16-4-3-13)17-8-9(5-10,6-11)7-12/h2-8H2,1H3. The van der Waals surface area contributed by atoms with Gasteiger partial charge in [0.15, 0.2) is 0 Å². The van der Waals surface area contributed by atoms with Crippen LogP contribution in [0.5, 0.6) is 0 Å². The summed E-state index contributed by atoms with van der Waals surface area (Å²) in [6, 6.07) is 0. The molecule has 0 rings (SSSR count). The van der Waals surface area contributed by atoms with E-state index in [0.717, 1.165) is 0 Å². The van der Waals surface area contributed by atoms with Crippen molar-refractivity contribution in [1.82, 2.24) is 0 Å². The average molecular weight is 495 g/mol. The minimum Gasteiger partial charge on any atom is -0.287 e. The van der Waals surface area contributed by atoms with Crippen molar-refractivity contribution in [2.24, 2.45) is 5.41 Å². The zero-order valence-corrected chi connectivity index (χ0v) is 16.5. The van der Waals surface area contributed by atoms with Gasteiger partial charge in [-0.1, -0.05) is 47.8 Å². The molecule has 0 N–H and O–H groups in total. The number of alkyl halides is 4. The molecule has 110 valence electrons. The number of phosphoric acid groups is 1. The summed E-state index contributed by atoms with van der Waals surface area (Å²) in [6.45, 7) is 2.35. The highest BCUT2D eigenvalue weighted by Crippen LogP contribution is 2.50. The van der Waals surface area contributed by atoms with Crippen LogP contribution in [0.3, 0.4) is 0 Å². The fraction of sp³-hybridized carbons (Fsp3) is 1.00. The van der Waals surface area contributed by atoms with Gasteiger partial charge < -0.3 is 0 Å². The van der Waals surface area contributed by atoms with Crippen LogP contribution in [0, 0.1) is 5.41 Å². The van der Waals surface area contributed by atoms with Gasteiger partial charge in [0.1, 0.15) is 0 Å². The van der Waals surface area contributed by atoms with Crippen LogP contribution in [-0.4, -0.2) is 41.7 Å². The first-order valence-electron chi connectivity index (χ1n) is 5.29. The zero-order chi connectivity index (χ0) is 14.1. The first-order valence-corrected chi connectivity index (χ1v) is 10.6. The maximum Gasteiger partial charge on any atom is 0.474 e. The molecule has 18 heavy (non-hydrogen) atoms. The minimum atomic E-state index is -3.52. The Morgan fingerprint density at radius 3 is 2.06 bits per heavy atom. The molecule has 1 atom stereocenters. The summed E-state index contributed by atoms with van der Waals surface area (Å²) in [5.74, 6) is 0.237. The minimum absolute atomic E-state index is 0.128. The van der Waals surface area contributed by atoms with Crippen molar-refractivity contribution in [3.63, 3.8) is 0 Å². The lowest BCUT2D eigenvalue weighted by atomic mass is 9.98. The van der Waals surface area contributed by atoms with E-state index in [1.165, 1.54) is 0 Å². The summed E-state index contributed by atoms with van der Waals surface area (Å²) in [6.07, 6.45) is 0. The van der Waals surface area contributed by atoms with Gasteiger partial charge in [-0.2, -0.15) is 0 Å². The number of phosphoric ester groups is 1. The maximum absolute atomic E-state index is 12.2. The van der Waals surface area contributed by atoms with Crippen LogP contribution in [0.25, 0.3) is 0 Å². The molecule has 0 fully saturated rings. The summed E-state index contributed by atoms with van der Waals surface area (Å²) in [7, 11) is -3.52. The van der Waals surface area contributed by atoms with E-state index >= 15 is 0 Å².